The van der Waals surface area contributed by atoms with E-state index in [1.807, 2.05) is 13.1 Å². The van der Waals surface area contributed by atoms with Crippen LogP contribution in [0.15, 0.2) is 24.5 Å². The Hall–Kier alpha value is -2.24. The van der Waals surface area contributed by atoms with E-state index >= 15 is 0 Å². The third kappa shape index (κ3) is 3.25. The highest BCUT2D eigenvalue weighted by atomic mass is 15.4. The van der Waals surface area contributed by atoms with Crippen LogP contribution in [-0.2, 0) is 5.41 Å². The monoisotopic (exact) mass is 312 g/mol. The molecule has 2 aromatic heterocycles. The fourth-order valence-electron chi connectivity index (χ4n) is 2.59. The average molecular weight is 312 g/mol. The first-order valence-corrected chi connectivity index (χ1v) is 7.95. The third-order valence-corrected chi connectivity index (χ3v) is 4.26. The van der Waals surface area contributed by atoms with Crippen LogP contribution in [0.4, 0.5) is 11.6 Å². The molecule has 6 nitrogen and oxygen atoms in total. The Morgan fingerprint density at radius 3 is 2.43 bits per heavy atom. The summed E-state index contributed by atoms with van der Waals surface area (Å²) in [5.41, 5.74) is 1.99. The number of aromatic nitrogens is 4. The molecule has 1 fully saturated rings. The van der Waals surface area contributed by atoms with Gasteiger partial charge in [0, 0.05) is 31.7 Å². The smallest absolute Gasteiger partial charge is 0.151 e. The molecule has 0 radical (unpaired) electrons. The van der Waals surface area contributed by atoms with E-state index in [1.165, 1.54) is 0 Å². The summed E-state index contributed by atoms with van der Waals surface area (Å²) in [5, 5.41) is 8.74. The van der Waals surface area contributed by atoms with Gasteiger partial charge in [0.25, 0.3) is 0 Å². The molecule has 0 N–H and O–H groups in total. The van der Waals surface area contributed by atoms with E-state index in [0.717, 1.165) is 36.1 Å². The average Bonchev–Trinajstić information content (AvgIpc) is 2.45. The highest BCUT2D eigenvalue weighted by Gasteiger charge is 2.32. The highest BCUT2D eigenvalue weighted by molar-refractivity contribution is 5.47. The Morgan fingerprint density at radius 1 is 1.13 bits per heavy atom. The van der Waals surface area contributed by atoms with Crippen molar-refractivity contribution in [3.8, 4) is 0 Å². The summed E-state index contributed by atoms with van der Waals surface area (Å²) < 4.78 is 0. The number of hydrogen-bond acceptors (Lipinski definition) is 6. The zero-order valence-corrected chi connectivity index (χ0v) is 14.5. The lowest BCUT2D eigenvalue weighted by Crippen LogP contribution is -2.59. The van der Waals surface area contributed by atoms with E-state index in [-0.39, 0.29) is 5.41 Å². The van der Waals surface area contributed by atoms with Gasteiger partial charge in [-0.1, -0.05) is 20.8 Å². The largest absolute Gasteiger partial charge is 0.352 e. The van der Waals surface area contributed by atoms with Gasteiger partial charge in [0.2, 0.25) is 0 Å². The van der Waals surface area contributed by atoms with Crippen molar-refractivity contribution in [3.63, 3.8) is 0 Å². The molecule has 2 aromatic rings. The quantitative estimate of drug-likeness (QED) is 0.866. The third-order valence-electron chi connectivity index (χ3n) is 4.26. The number of hydrogen-bond donors (Lipinski definition) is 0. The SMILES string of the molecule is Cc1cncc(N(C)C2CN(c3ccc(C(C)(C)C)nn3)C2)n1. The number of nitrogens with zero attached hydrogens (tertiary/aromatic N) is 6. The minimum absolute atomic E-state index is 0.0348. The predicted octanol–water partition coefficient (Wildman–Crippen LogP) is 2.20. The topological polar surface area (TPSA) is 58.0 Å². The van der Waals surface area contributed by atoms with Gasteiger partial charge in [-0.2, -0.15) is 5.10 Å². The van der Waals surface area contributed by atoms with Gasteiger partial charge in [-0.25, -0.2) is 4.98 Å². The minimum atomic E-state index is 0.0348. The molecule has 0 unspecified atom stereocenters. The van der Waals surface area contributed by atoms with Crippen LogP contribution in [0.1, 0.15) is 32.2 Å². The summed E-state index contributed by atoms with van der Waals surface area (Å²) in [6.07, 6.45) is 3.59. The molecule has 1 saturated heterocycles. The Labute approximate surface area is 137 Å². The first kappa shape index (κ1) is 15.6. The van der Waals surface area contributed by atoms with Gasteiger partial charge < -0.3 is 9.80 Å². The molecule has 0 atom stereocenters. The van der Waals surface area contributed by atoms with Crippen molar-refractivity contribution in [2.45, 2.75) is 39.2 Å². The van der Waals surface area contributed by atoms with E-state index in [4.69, 9.17) is 0 Å². The predicted molar refractivity (Wildman–Crippen MR) is 91.9 cm³/mol. The zero-order valence-electron chi connectivity index (χ0n) is 14.5. The highest BCUT2D eigenvalue weighted by Crippen LogP contribution is 2.25. The maximum atomic E-state index is 4.53. The lowest BCUT2D eigenvalue weighted by molar-refractivity contribution is 0.484. The summed E-state index contributed by atoms with van der Waals surface area (Å²) in [6.45, 7) is 10.3. The molecule has 1 aliphatic rings. The van der Waals surface area contributed by atoms with Crippen LogP contribution >= 0.6 is 0 Å². The van der Waals surface area contributed by atoms with Gasteiger partial charge in [0.15, 0.2) is 5.82 Å². The van der Waals surface area contributed by atoms with Crippen molar-refractivity contribution in [2.24, 2.45) is 0 Å². The second-order valence-corrected chi connectivity index (χ2v) is 7.22. The minimum Gasteiger partial charge on any atom is -0.352 e. The lowest BCUT2D eigenvalue weighted by atomic mass is 9.92. The molecule has 1 aliphatic heterocycles. The molecule has 0 saturated carbocycles. The van der Waals surface area contributed by atoms with E-state index in [1.54, 1.807) is 6.20 Å². The molecule has 3 rings (SSSR count). The van der Waals surface area contributed by atoms with E-state index < -0.39 is 0 Å². The van der Waals surface area contributed by atoms with Gasteiger partial charge in [0.1, 0.15) is 5.82 Å². The van der Waals surface area contributed by atoms with Gasteiger partial charge in [-0.15, -0.1) is 5.10 Å². The first-order chi connectivity index (χ1) is 10.8. The normalized spacial score (nSPS) is 15.4. The van der Waals surface area contributed by atoms with Crippen LogP contribution in [0.2, 0.25) is 0 Å². The maximum Gasteiger partial charge on any atom is 0.151 e. The summed E-state index contributed by atoms with van der Waals surface area (Å²) in [6, 6.07) is 4.57. The molecule has 0 aliphatic carbocycles. The van der Waals surface area contributed by atoms with Gasteiger partial charge >= 0.3 is 0 Å². The van der Waals surface area contributed by atoms with Crippen LogP contribution in [-0.4, -0.2) is 46.3 Å². The molecule has 122 valence electrons. The Kier molecular flexibility index (Phi) is 3.92. The molecule has 0 aromatic carbocycles. The number of anilines is 2. The fourth-order valence-corrected chi connectivity index (χ4v) is 2.59. The summed E-state index contributed by atoms with van der Waals surface area (Å²) >= 11 is 0. The fraction of sp³-hybridized carbons (Fsp3) is 0.529. The second kappa shape index (κ2) is 5.76. The van der Waals surface area contributed by atoms with Crippen molar-refractivity contribution in [1.29, 1.82) is 0 Å². The molecule has 6 heteroatoms. The van der Waals surface area contributed by atoms with Crippen LogP contribution in [0.3, 0.4) is 0 Å². The Balaban J connectivity index is 1.62. The number of likely N-dealkylation sites (N-methyl/N-ethyl adjacent to an activating group) is 1. The molecular weight excluding hydrogens is 288 g/mol. The molecular formula is C17H24N6. The first-order valence-electron chi connectivity index (χ1n) is 7.95. The second-order valence-electron chi connectivity index (χ2n) is 7.22. The Morgan fingerprint density at radius 2 is 1.87 bits per heavy atom. The number of aryl methyl sites for hydroxylation is 1. The van der Waals surface area contributed by atoms with Crippen molar-refractivity contribution >= 4 is 11.6 Å². The van der Waals surface area contributed by atoms with Gasteiger partial charge in [-0.3, -0.25) is 4.98 Å². The van der Waals surface area contributed by atoms with Gasteiger partial charge in [0.05, 0.1) is 23.6 Å². The van der Waals surface area contributed by atoms with Crippen LogP contribution in [0.5, 0.6) is 0 Å². The summed E-state index contributed by atoms with van der Waals surface area (Å²) in [7, 11) is 2.07. The molecule has 23 heavy (non-hydrogen) atoms. The molecule has 0 amide bonds. The van der Waals surface area contributed by atoms with Crippen LogP contribution in [0, 0.1) is 6.92 Å². The lowest BCUT2D eigenvalue weighted by Gasteiger charge is -2.44. The van der Waals surface area contributed by atoms with Crippen molar-refractivity contribution in [1.82, 2.24) is 20.2 Å². The van der Waals surface area contributed by atoms with Gasteiger partial charge in [-0.05, 0) is 19.1 Å². The van der Waals surface area contributed by atoms with Crippen LogP contribution in [0.25, 0.3) is 0 Å². The standard InChI is InChI=1S/C17H24N6/c1-12-8-18-9-16(19-12)22(5)13-10-23(11-13)15-7-6-14(20-21-15)17(2,3)4/h6-9,13H,10-11H2,1-5H3. The van der Waals surface area contributed by atoms with Crippen molar-refractivity contribution in [3.05, 3.63) is 35.9 Å². The van der Waals surface area contributed by atoms with E-state index in [2.05, 4.69) is 69.9 Å². The molecule has 0 spiro atoms. The summed E-state index contributed by atoms with van der Waals surface area (Å²) in [5.74, 6) is 1.86. The van der Waals surface area contributed by atoms with E-state index in [9.17, 15) is 0 Å². The number of rotatable bonds is 3. The van der Waals surface area contributed by atoms with Crippen molar-refractivity contribution in [2.75, 3.05) is 29.9 Å². The Bertz CT molecular complexity index is 670. The molecule has 3 heterocycles. The zero-order chi connectivity index (χ0) is 16.6. The maximum absolute atomic E-state index is 4.53. The van der Waals surface area contributed by atoms with Crippen molar-refractivity contribution < 1.29 is 0 Å². The van der Waals surface area contributed by atoms with Crippen LogP contribution < -0.4 is 9.80 Å². The summed E-state index contributed by atoms with van der Waals surface area (Å²) in [4.78, 5) is 13.2. The van der Waals surface area contributed by atoms with E-state index in [0.29, 0.717) is 6.04 Å². The molecule has 0 bridgehead atoms.